The summed E-state index contributed by atoms with van der Waals surface area (Å²) in [6.45, 7) is 2.03. The second-order valence-corrected chi connectivity index (χ2v) is 9.26. The van der Waals surface area contributed by atoms with Crippen molar-refractivity contribution in [3.63, 3.8) is 0 Å². The van der Waals surface area contributed by atoms with Crippen molar-refractivity contribution in [2.75, 3.05) is 10.6 Å². The molecule has 34 heavy (non-hydrogen) atoms. The summed E-state index contributed by atoms with van der Waals surface area (Å²) in [4.78, 5) is 32.8. The van der Waals surface area contributed by atoms with Crippen LogP contribution in [0.1, 0.15) is 48.8 Å². The zero-order valence-electron chi connectivity index (χ0n) is 18.7. The zero-order chi connectivity index (χ0) is 23.4. The first kappa shape index (κ1) is 20.6. The maximum Gasteiger partial charge on any atom is 0.326 e. The van der Waals surface area contributed by atoms with Gasteiger partial charge in [0.25, 0.3) is 5.91 Å². The van der Waals surface area contributed by atoms with Gasteiger partial charge in [-0.1, -0.05) is 12.1 Å². The van der Waals surface area contributed by atoms with E-state index in [1.807, 2.05) is 13.0 Å². The lowest BCUT2D eigenvalue weighted by molar-refractivity contribution is -0.115. The third kappa shape index (κ3) is 3.63. The van der Waals surface area contributed by atoms with Crippen molar-refractivity contribution < 1.29 is 9.59 Å². The van der Waals surface area contributed by atoms with Crippen LogP contribution in [0.5, 0.6) is 0 Å². The fourth-order valence-electron chi connectivity index (χ4n) is 4.27. The number of nitrogens with zero attached hydrogens (tertiary/aromatic N) is 4. The van der Waals surface area contributed by atoms with Crippen LogP contribution in [-0.2, 0) is 10.3 Å². The number of rotatable bonds is 6. The van der Waals surface area contributed by atoms with Crippen molar-refractivity contribution in [3.05, 3.63) is 46.8 Å². The minimum atomic E-state index is -0.555. The minimum absolute atomic E-state index is 0.142. The summed E-state index contributed by atoms with van der Waals surface area (Å²) in [6.07, 6.45) is 8.46. The number of urea groups is 1. The molecule has 3 aromatic rings. The van der Waals surface area contributed by atoms with Crippen LogP contribution in [-0.4, -0.2) is 37.6 Å². The Morgan fingerprint density at radius 1 is 1.21 bits per heavy atom. The Kier molecular flexibility index (Phi) is 4.56. The highest BCUT2D eigenvalue weighted by Crippen LogP contribution is 2.39. The van der Waals surface area contributed by atoms with E-state index >= 15 is 0 Å². The minimum Gasteiger partial charge on any atom is -0.351 e. The van der Waals surface area contributed by atoms with Crippen LogP contribution < -0.4 is 27.0 Å². The molecule has 0 radical (unpaired) electrons. The third-order valence-electron chi connectivity index (χ3n) is 6.62. The van der Waals surface area contributed by atoms with Gasteiger partial charge in [-0.05, 0) is 62.3 Å². The summed E-state index contributed by atoms with van der Waals surface area (Å²) in [5, 5.41) is 15.8. The maximum atomic E-state index is 12.0. The van der Waals surface area contributed by atoms with E-state index < -0.39 is 11.9 Å². The molecule has 6 rings (SSSR count). The number of imide groups is 1. The van der Waals surface area contributed by atoms with Crippen molar-refractivity contribution >= 4 is 41.2 Å². The molecule has 174 valence electrons. The van der Waals surface area contributed by atoms with Gasteiger partial charge in [-0.2, -0.15) is 19.6 Å². The number of aromatic nitrogens is 4. The van der Waals surface area contributed by atoms with E-state index in [4.69, 9.17) is 5.73 Å². The van der Waals surface area contributed by atoms with Gasteiger partial charge in [0, 0.05) is 22.8 Å². The van der Waals surface area contributed by atoms with E-state index in [1.54, 1.807) is 16.8 Å². The summed E-state index contributed by atoms with van der Waals surface area (Å²) >= 11 is 0. The summed E-state index contributed by atoms with van der Waals surface area (Å²) in [5.74, 6) is 0.467. The molecule has 3 heterocycles. The highest BCUT2D eigenvalue weighted by Gasteiger charge is 2.34. The average molecular weight is 460 g/mol. The Morgan fingerprint density at radius 3 is 2.68 bits per heavy atom. The lowest BCUT2D eigenvalue weighted by atomic mass is 9.72. The largest absolute Gasteiger partial charge is 0.351 e. The van der Waals surface area contributed by atoms with Gasteiger partial charge in [-0.25, -0.2) is 4.79 Å². The van der Waals surface area contributed by atoms with E-state index in [0.717, 1.165) is 48.9 Å². The van der Waals surface area contributed by atoms with E-state index in [-0.39, 0.29) is 11.2 Å². The number of hydrogen-bond acceptors (Lipinski definition) is 8. The van der Waals surface area contributed by atoms with Gasteiger partial charge in [0.05, 0.1) is 6.20 Å². The molecular weight excluding hydrogens is 434 g/mol. The normalized spacial score (nSPS) is 20.2. The third-order valence-corrected chi connectivity index (χ3v) is 6.62. The molecule has 11 nitrogen and oxygen atoms in total. The standard InChI is InChI=1S/C23H25N9O2/c1-12-9-14(23(24)7-2-8-23)3-6-16(12)27-20-29-18-13(10-17-19(33)30-22(34)28-17)11-25-32(18)21(31-20)26-15-4-5-15/h3,6,9-11,15H,2,4-5,7-8,24H2,1H3,(H2,26,27,29,31)(H2,28,30,33,34)/b17-10-. The molecule has 0 bridgehead atoms. The molecule has 1 saturated heterocycles. The number of hydrogen-bond donors (Lipinski definition) is 5. The Morgan fingerprint density at radius 2 is 2.03 bits per heavy atom. The van der Waals surface area contributed by atoms with Crippen molar-refractivity contribution in [3.8, 4) is 0 Å². The van der Waals surface area contributed by atoms with Crippen LogP contribution in [0.3, 0.4) is 0 Å². The Hall–Kier alpha value is -3.99. The number of aryl methyl sites for hydroxylation is 1. The highest BCUT2D eigenvalue weighted by atomic mass is 16.2. The number of anilines is 3. The number of nitrogens with two attached hydrogens (primary N) is 1. The molecule has 3 fully saturated rings. The zero-order valence-corrected chi connectivity index (χ0v) is 18.7. The van der Waals surface area contributed by atoms with Crippen LogP contribution >= 0.6 is 0 Å². The van der Waals surface area contributed by atoms with Gasteiger partial charge in [-0.15, -0.1) is 0 Å². The predicted octanol–water partition coefficient (Wildman–Crippen LogP) is 2.27. The molecule has 3 aliphatic rings. The van der Waals surface area contributed by atoms with Crippen LogP contribution in [0.4, 0.5) is 22.4 Å². The van der Waals surface area contributed by atoms with Gasteiger partial charge < -0.3 is 21.7 Å². The smallest absolute Gasteiger partial charge is 0.326 e. The van der Waals surface area contributed by atoms with Gasteiger partial charge >= 0.3 is 6.03 Å². The highest BCUT2D eigenvalue weighted by molar-refractivity contribution is 6.14. The molecule has 6 N–H and O–H groups in total. The van der Waals surface area contributed by atoms with Crippen LogP contribution in [0, 0.1) is 6.92 Å². The molecule has 2 aliphatic carbocycles. The SMILES string of the molecule is Cc1cc(C2(N)CCC2)ccc1Nc1nc(NC2CC2)n2ncc(/C=C3\NC(=O)NC3=O)c2n1. The number of carbonyl (C=O) groups excluding carboxylic acids is 2. The first-order chi connectivity index (χ1) is 16.4. The molecule has 2 aromatic heterocycles. The van der Waals surface area contributed by atoms with E-state index in [0.29, 0.717) is 29.1 Å². The Bertz CT molecular complexity index is 1370. The quantitative estimate of drug-likeness (QED) is 0.278. The first-order valence-electron chi connectivity index (χ1n) is 11.4. The van der Waals surface area contributed by atoms with Gasteiger partial charge in [0.15, 0.2) is 5.65 Å². The lowest BCUT2D eigenvalue weighted by Gasteiger charge is -2.39. The topological polar surface area (TPSA) is 151 Å². The Labute approximate surface area is 195 Å². The average Bonchev–Trinajstić information content (AvgIpc) is 3.42. The summed E-state index contributed by atoms with van der Waals surface area (Å²) in [5.41, 5.74) is 10.6. The van der Waals surface area contributed by atoms with Crippen molar-refractivity contribution in [1.82, 2.24) is 30.2 Å². The molecular formula is C23H25N9O2. The van der Waals surface area contributed by atoms with Gasteiger partial charge in [-0.3, -0.25) is 10.1 Å². The molecule has 1 aromatic carbocycles. The van der Waals surface area contributed by atoms with Crippen LogP contribution in [0.25, 0.3) is 11.7 Å². The van der Waals surface area contributed by atoms with E-state index in [1.165, 1.54) is 0 Å². The molecule has 3 amide bonds. The first-order valence-corrected chi connectivity index (χ1v) is 11.4. The maximum absolute atomic E-state index is 12.0. The molecule has 0 spiro atoms. The van der Waals surface area contributed by atoms with Gasteiger partial charge in [0.1, 0.15) is 5.70 Å². The van der Waals surface area contributed by atoms with Crippen molar-refractivity contribution in [2.45, 2.75) is 50.6 Å². The van der Waals surface area contributed by atoms with Crippen LogP contribution in [0.2, 0.25) is 0 Å². The second kappa shape index (κ2) is 7.52. The summed E-state index contributed by atoms with van der Waals surface area (Å²) in [7, 11) is 0. The number of carbonyl (C=O) groups is 2. The number of nitrogens with one attached hydrogen (secondary N) is 4. The molecule has 0 unspecified atom stereocenters. The molecule has 2 saturated carbocycles. The monoisotopic (exact) mass is 459 g/mol. The van der Waals surface area contributed by atoms with E-state index in [2.05, 4.69) is 48.5 Å². The predicted molar refractivity (Wildman–Crippen MR) is 126 cm³/mol. The van der Waals surface area contributed by atoms with E-state index in [9.17, 15) is 9.59 Å². The second-order valence-electron chi connectivity index (χ2n) is 9.26. The lowest BCUT2D eigenvalue weighted by Crippen LogP contribution is -2.43. The summed E-state index contributed by atoms with van der Waals surface area (Å²) in [6, 6.07) is 5.99. The molecule has 1 aliphatic heterocycles. The molecule has 11 heteroatoms. The number of fused-ring (bicyclic) bond motifs is 1. The van der Waals surface area contributed by atoms with Crippen molar-refractivity contribution in [1.29, 1.82) is 0 Å². The summed E-state index contributed by atoms with van der Waals surface area (Å²) < 4.78 is 1.61. The van der Waals surface area contributed by atoms with Crippen LogP contribution in [0.15, 0.2) is 30.1 Å². The number of benzene rings is 1. The fourth-order valence-corrected chi connectivity index (χ4v) is 4.27. The molecule has 0 atom stereocenters. The number of amides is 3. The van der Waals surface area contributed by atoms with Gasteiger partial charge in [0.2, 0.25) is 11.9 Å². The Balaban J connectivity index is 1.37. The fraction of sp³-hybridized carbons (Fsp3) is 0.348. The van der Waals surface area contributed by atoms with Crippen molar-refractivity contribution in [2.24, 2.45) is 5.73 Å².